The van der Waals surface area contributed by atoms with E-state index in [0.717, 1.165) is 37.7 Å². The van der Waals surface area contributed by atoms with Crippen molar-refractivity contribution in [2.45, 2.75) is 51.5 Å². The summed E-state index contributed by atoms with van der Waals surface area (Å²) in [6, 6.07) is 2.67. The summed E-state index contributed by atoms with van der Waals surface area (Å²) in [5, 5.41) is 5.46. The van der Waals surface area contributed by atoms with Gasteiger partial charge in [0.25, 0.3) is 0 Å². The van der Waals surface area contributed by atoms with Gasteiger partial charge < -0.3 is 0 Å². The lowest BCUT2D eigenvalue weighted by atomic mass is 9.79. The summed E-state index contributed by atoms with van der Waals surface area (Å²) in [5.41, 5.74) is 2.11. The molecule has 1 saturated carbocycles. The molecule has 4 heterocycles. The SMILES string of the molecule is Cc1ncc([C@@H]2CCON2C(=O)[C@H]2CC[C@H](Cc3cc(F)c4ncnn4c3)CC2)cc1F. The van der Waals surface area contributed by atoms with Crippen LogP contribution in [0.4, 0.5) is 8.78 Å². The number of hydrogen-bond acceptors (Lipinski definition) is 5. The molecule has 0 spiro atoms. The van der Waals surface area contributed by atoms with Crippen LogP contribution in [0.1, 0.15) is 55.0 Å². The fourth-order valence-corrected chi connectivity index (χ4v) is 4.87. The normalized spacial score (nSPS) is 23.7. The minimum atomic E-state index is -0.372. The molecule has 2 aliphatic rings. The second kappa shape index (κ2) is 8.54. The van der Waals surface area contributed by atoms with Crippen LogP contribution >= 0.6 is 0 Å². The highest BCUT2D eigenvalue weighted by molar-refractivity contribution is 5.78. The number of amides is 1. The lowest BCUT2D eigenvalue weighted by Gasteiger charge is -2.32. The molecule has 1 aliphatic heterocycles. The number of carbonyl (C=O) groups is 1. The summed E-state index contributed by atoms with van der Waals surface area (Å²) in [4.78, 5) is 26.8. The van der Waals surface area contributed by atoms with Crippen LogP contribution < -0.4 is 0 Å². The Bertz CT molecular complexity index is 1140. The molecule has 0 aromatic carbocycles. The van der Waals surface area contributed by atoms with Crippen molar-refractivity contribution >= 4 is 11.6 Å². The molecule has 5 rings (SSSR count). The summed E-state index contributed by atoms with van der Waals surface area (Å²) >= 11 is 0. The van der Waals surface area contributed by atoms with Crippen molar-refractivity contribution in [2.24, 2.45) is 11.8 Å². The second-order valence-electron chi connectivity index (χ2n) is 8.78. The van der Waals surface area contributed by atoms with E-state index < -0.39 is 0 Å². The first-order chi connectivity index (χ1) is 15.5. The first kappa shape index (κ1) is 20.9. The summed E-state index contributed by atoms with van der Waals surface area (Å²) in [6.07, 6.45) is 9.43. The lowest BCUT2D eigenvalue weighted by Crippen LogP contribution is -2.36. The van der Waals surface area contributed by atoms with Gasteiger partial charge in [0.1, 0.15) is 12.1 Å². The van der Waals surface area contributed by atoms with Crippen molar-refractivity contribution in [3.05, 3.63) is 59.3 Å². The predicted octanol–water partition coefficient (Wildman–Crippen LogP) is 3.97. The minimum Gasteiger partial charge on any atom is -0.272 e. The van der Waals surface area contributed by atoms with Gasteiger partial charge in [-0.3, -0.25) is 14.6 Å². The number of rotatable bonds is 4. The zero-order valence-electron chi connectivity index (χ0n) is 17.9. The molecular formula is C23H25F2N5O2. The van der Waals surface area contributed by atoms with Crippen molar-refractivity contribution in [3.8, 4) is 0 Å². The first-order valence-electron chi connectivity index (χ1n) is 11.1. The highest BCUT2D eigenvalue weighted by Crippen LogP contribution is 2.37. The van der Waals surface area contributed by atoms with Crippen molar-refractivity contribution in [3.63, 3.8) is 0 Å². The van der Waals surface area contributed by atoms with Crippen LogP contribution in [0.2, 0.25) is 0 Å². The third-order valence-electron chi connectivity index (χ3n) is 6.66. The quantitative estimate of drug-likeness (QED) is 0.613. The largest absolute Gasteiger partial charge is 0.272 e. The van der Waals surface area contributed by atoms with E-state index in [-0.39, 0.29) is 35.1 Å². The van der Waals surface area contributed by atoms with E-state index in [2.05, 4.69) is 15.1 Å². The number of nitrogens with zero attached hydrogens (tertiary/aromatic N) is 5. The Balaban J connectivity index is 1.21. The summed E-state index contributed by atoms with van der Waals surface area (Å²) < 4.78 is 29.6. The molecule has 32 heavy (non-hydrogen) atoms. The van der Waals surface area contributed by atoms with Gasteiger partial charge in [-0.05, 0) is 68.2 Å². The fraction of sp³-hybridized carbons (Fsp3) is 0.478. The predicted molar refractivity (Wildman–Crippen MR) is 111 cm³/mol. The van der Waals surface area contributed by atoms with Crippen molar-refractivity contribution in [1.82, 2.24) is 24.6 Å². The van der Waals surface area contributed by atoms with Gasteiger partial charge in [-0.15, -0.1) is 0 Å². The lowest BCUT2D eigenvalue weighted by molar-refractivity contribution is -0.183. The van der Waals surface area contributed by atoms with Gasteiger partial charge in [0.05, 0.1) is 18.3 Å². The minimum absolute atomic E-state index is 0.0398. The Kier molecular flexibility index (Phi) is 5.58. The second-order valence-corrected chi connectivity index (χ2v) is 8.78. The number of aryl methyl sites for hydroxylation is 1. The average molecular weight is 441 g/mol. The maximum Gasteiger partial charge on any atom is 0.249 e. The van der Waals surface area contributed by atoms with E-state index in [1.807, 2.05) is 6.20 Å². The molecule has 1 aliphatic carbocycles. The molecule has 9 heteroatoms. The van der Waals surface area contributed by atoms with Crippen LogP contribution in [0, 0.1) is 30.4 Å². The van der Waals surface area contributed by atoms with Crippen LogP contribution in [-0.4, -0.2) is 37.2 Å². The van der Waals surface area contributed by atoms with E-state index in [1.165, 1.54) is 28.0 Å². The van der Waals surface area contributed by atoms with Gasteiger partial charge in [0, 0.05) is 24.7 Å². The number of aromatic nitrogens is 4. The molecule has 3 aromatic rings. The van der Waals surface area contributed by atoms with Crippen LogP contribution in [0.3, 0.4) is 0 Å². The van der Waals surface area contributed by atoms with Crippen LogP contribution in [0.25, 0.3) is 5.65 Å². The number of carbonyl (C=O) groups excluding carboxylic acids is 1. The van der Waals surface area contributed by atoms with E-state index in [0.29, 0.717) is 30.2 Å². The zero-order valence-corrected chi connectivity index (χ0v) is 17.9. The Morgan fingerprint density at radius 2 is 1.94 bits per heavy atom. The van der Waals surface area contributed by atoms with Gasteiger partial charge in [0.15, 0.2) is 11.5 Å². The summed E-state index contributed by atoms with van der Waals surface area (Å²) in [5.74, 6) is -0.525. The first-order valence-corrected chi connectivity index (χ1v) is 11.1. The van der Waals surface area contributed by atoms with Crippen molar-refractivity contribution < 1.29 is 18.4 Å². The molecule has 0 unspecified atom stereocenters. The summed E-state index contributed by atoms with van der Waals surface area (Å²) in [6.45, 7) is 2.04. The van der Waals surface area contributed by atoms with E-state index in [1.54, 1.807) is 13.1 Å². The van der Waals surface area contributed by atoms with E-state index in [9.17, 15) is 13.6 Å². The Labute approximate surface area is 184 Å². The average Bonchev–Trinajstić information content (AvgIpc) is 3.46. The molecular weight excluding hydrogens is 416 g/mol. The fourth-order valence-electron chi connectivity index (χ4n) is 4.87. The molecule has 2 fully saturated rings. The molecule has 1 atom stereocenters. The van der Waals surface area contributed by atoms with E-state index in [4.69, 9.17) is 4.84 Å². The van der Waals surface area contributed by atoms with Gasteiger partial charge in [-0.2, -0.15) is 5.10 Å². The van der Waals surface area contributed by atoms with Crippen LogP contribution in [0.15, 0.2) is 30.9 Å². The van der Waals surface area contributed by atoms with Gasteiger partial charge >= 0.3 is 0 Å². The monoisotopic (exact) mass is 441 g/mol. The number of hydrogen-bond donors (Lipinski definition) is 0. The standard InChI is InChI=1S/C23H25F2N5O2/c1-14-19(24)10-18(11-26-14)21-6-7-32-30(21)23(31)17-4-2-15(3-5-17)8-16-9-20(25)22-27-13-28-29(22)12-16/h9-13,15,17,21H,2-8H2,1H3/t15-,17-,21-/m0/s1. The van der Waals surface area contributed by atoms with Gasteiger partial charge in [-0.25, -0.2) is 23.3 Å². The maximum absolute atomic E-state index is 14.2. The van der Waals surface area contributed by atoms with Crippen molar-refractivity contribution in [1.29, 1.82) is 0 Å². The highest BCUT2D eigenvalue weighted by atomic mass is 19.1. The molecule has 7 nitrogen and oxygen atoms in total. The van der Waals surface area contributed by atoms with Crippen LogP contribution in [-0.2, 0) is 16.1 Å². The number of hydroxylamine groups is 2. The van der Waals surface area contributed by atoms with E-state index >= 15 is 0 Å². The van der Waals surface area contributed by atoms with Crippen LogP contribution in [0.5, 0.6) is 0 Å². The Hall–Kier alpha value is -2.94. The smallest absolute Gasteiger partial charge is 0.249 e. The molecule has 0 radical (unpaired) electrons. The highest BCUT2D eigenvalue weighted by Gasteiger charge is 2.37. The Morgan fingerprint density at radius 1 is 1.12 bits per heavy atom. The van der Waals surface area contributed by atoms with Gasteiger partial charge in [0.2, 0.25) is 5.91 Å². The number of pyridine rings is 2. The number of fused-ring (bicyclic) bond motifs is 1. The van der Waals surface area contributed by atoms with Crippen molar-refractivity contribution in [2.75, 3.05) is 6.61 Å². The third kappa shape index (κ3) is 3.97. The molecule has 168 valence electrons. The summed E-state index contributed by atoms with van der Waals surface area (Å²) in [7, 11) is 0. The maximum atomic E-state index is 14.2. The topological polar surface area (TPSA) is 72.6 Å². The molecule has 1 saturated heterocycles. The molecule has 3 aromatic heterocycles. The third-order valence-corrected chi connectivity index (χ3v) is 6.66. The Morgan fingerprint density at radius 3 is 2.72 bits per heavy atom. The molecule has 1 amide bonds. The molecule has 0 N–H and O–H groups in total. The molecule has 0 bridgehead atoms. The number of halogens is 2. The zero-order chi connectivity index (χ0) is 22.2. The van der Waals surface area contributed by atoms with Gasteiger partial charge in [-0.1, -0.05) is 0 Å².